The molecule has 0 aliphatic carbocycles. The van der Waals surface area contributed by atoms with Gasteiger partial charge in [0.1, 0.15) is 0 Å². The molecule has 0 fully saturated rings. The summed E-state index contributed by atoms with van der Waals surface area (Å²) in [5.74, 6) is 0.126. The van der Waals surface area contributed by atoms with Crippen molar-refractivity contribution in [2.75, 3.05) is 0 Å². The highest BCUT2D eigenvalue weighted by molar-refractivity contribution is 5.78. The summed E-state index contributed by atoms with van der Waals surface area (Å²) >= 11 is 0. The zero-order valence-electron chi connectivity index (χ0n) is 14.8. The lowest BCUT2D eigenvalue weighted by Crippen LogP contribution is -2.39. The SMILES string of the molecule is CCCCC(CCCCC(N)=O)NC(=O)C(CC)CCCC. The monoisotopic (exact) mass is 312 g/mol. The van der Waals surface area contributed by atoms with Crippen LogP contribution in [-0.2, 0) is 9.59 Å². The number of carbonyl (C=O) groups is 2. The molecule has 22 heavy (non-hydrogen) atoms. The van der Waals surface area contributed by atoms with Crippen molar-refractivity contribution in [2.45, 2.75) is 97.4 Å². The van der Waals surface area contributed by atoms with Gasteiger partial charge < -0.3 is 11.1 Å². The summed E-state index contributed by atoms with van der Waals surface area (Å²) in [6.07, 6.45) is 10.6. The summed E-state index contributed by atoms with van der Waals surface area (Å²) in [4.78, 5) is 23.2. The van der Waals surface area contributed by atoms with E-state index in [0.717, 1.165) is 64.2 Å². The minimum absolute atomic E-state index is 0.148. The van der Waals surface area contributed by atoms with Crippen molar-refractivity contribution in [3.05, 3.63) is 0 Å². The minimum Gasteiger partial charge on any atom is -0.370 e. The van der Waals surface area contributed by atoms with Crippen LogP contribution >= 0.6 is 0 Å². The fraction of sp³-hybridized carbons (Fsp3) is 0.889. The molecule has 130 valence electrons. The van der Waals surface area contributed by atoms with E-state index in [9.17, 15) is 9.59 Å². The largest absolute Gasteiger partial charge is 0.370 e. The third-order valence-electron chi connectivity index (χ3n) is 4.25. The van der Waals surface area contributed by atoms with Crippen LogP contribution in [-0.4, -0.2) is 17.9 Å². The molecule has 0 spiro atoms. The quantitative estimate of drug-likeness (QED) is 0.477. The fourth-order valence-corrected chi connectivity index (χ4v) is 2.72. The van der Waals surface area contributed by atoms with Gasteiger partial charge in [-0.2, -0.15) is 0 Å². The average molecular weight is 312 g/mol. The maximum absolute atomic E-state index is 12.4. The van der Waals surface area contributed by atoms with Gasteiger partial charge in [0.15, 0.2) is 0 Å². The number of primary amides is 1. The van der Waals surface area contributed by atoms with Crippen molar-refractivity contribution < 1.29 is 9.59 Å². The molecular weight excluding hydrogens is 276 g/mol. The molecule has 0 aliphatic heterocycles. The number of hydrogen-bond acceptors (Lipinski definition) is 2. The van der Waals surface area contributed by atoms with Crippen LogP contribution in [0.5, 0.6) is 0 Å². The number of nitrogens with one attached hydrogen (secondary N) is 1. The van der Waals surface area contributed by atoms with Crippen LogP contribution < -0.4 is 11.1 Å². The second-order valence-corrected chi connectivity index (χ2v) is 6.31. The van der Waals surface area contributed by atoms with Gasteiger partial charge in [-0.15, -0.1) is 0 Å². The molecular formula is C18H36N2O2. The lowest BCUT2D eigenvalue weighted by molar-refractivity contribution is -0.126. The topological polar surface area (TPSA) is 72.2 Å². The highest BCUT2D eigenvalue weighted by Gasteiger charge is 2.19. The zero-order chi connectivity index (χ0) is 16.8. The van der Waals surface area contributed by atoms with Gasteiger partial charge in [0.05, 0.1) is 0 Å². The third kappa shape index (κ3) is 10.6. The van der Waals surface area contributed by atoms with E-state index in [1.165, 1.54) is 0 Å². The van der Waals surface area contributed by atoms with Gasteiger partial charge in [-0.05, 0) is 32.1 Å². The van der Waals surface area contributed by atoms with E-state index in [-0.39, 0.29) is 23.8 Å². The van der Waals surface area contributed by atoms with Crippen molar-refractivity contribution in [3.8, 4) is 0 Å². The maximum Gasteiger partial charge on any atom is 0.223 e. The first kappa shape index (κ1) is 20.9. The summed E-state index contributed by atoms with van der Waals surface area (Å²) in [7, 11) is 0. The molecule has 0 bridgehead atoms. The van der Waals surface area contributed by atoms with Gasteiger partial charge >= 0.3 is 0 Å². The Morgan fingerprint density at radius 2 is 1.50 bits per heavy atom. The maximum atomic E-state index is 12.4. The molecule has 4 nitrogen and oxygen atoms in total. The van der Waals surface area contributed by atoms with E-state index in [0.29, 0.717) is 6.42 Å². The van der Waals surface area contributed by atoms with Crippen LogP contribution in [0.2, 0.25) is 0 Å². The van der Waals surface area contributed by atoms with Gasteiger partial charge in [0, 0.05) is 18.4 Å². The molecule has 2 amide bonds. The van der Waals surface area contributed by atoms with Crippen LogP contribution in [0, 0.1) is 5.92 Å². The summed E-state index contributed by atoms with van der Waals surface area (Å²) < 4.78 is 0. The molecule has 0 aromatic carbocycles. The Hall–Kier alpha value is -1.06. The van der Waals surface area contributed by atoms with Gasteiger partial charge in [0.25, 0.3) is 0 Å². The van der Waals surface area contributed by atoms with Crippen LogP contribution in [0.3, 0.4) is 0 Å². The Bertz CT molecular complexity index is 305. The van der Waals surface area contributed by atoms with Crippen LogP contribution in [0.4, 0.5) is 0 Å². The number of rotatable bonds is 14. The normalized spacial score (nSPS) is 13.6. The van der Waals surface area contributed by atoms with E-state index in [1.54, 1.807) is 0 Å². The molecule has 0 aliphatic rings. The average Bonchev–Trinajstić information content (AvgIpc) is 2.49. The second-order valence-electron chi connectivity index (χ2n) is 6.31. The number of amides is 2. The Kier molecular flexibility index (Phi) is 12.9. The summed E-state index contributed by atoms with van der Waals surface area (Å²) in [5.41, 5.74) is 5.17. The first-order valence-corrected chi connectivity index (χ1v) is 9.13. The number of carbonyl (C=O) groups excluding carboxylic acids is 2. The van der Waals surface area contributed by atoms with Gasteiger partial charge in [0.2, 0.25) is 11.8 Å². The van der Waals surface area contributed by atoms with Crippen molar-refractivity contribution in [3.63, 3.8) is 0 Å². The Morgan fingerprint density at radius 3 is 2.05 bits per heavy atom. The van der Waals surface area contributed by atoms with Crippen LogP contribution in [0.25, 0.3) is 0 Å². The highest BCUT2D eigenvalue weighted by Crippen LogP contribution is 2.15. The lowest BCUT2D eigenvalue weighted by atomic mass is 9.96. The summed E-state index contributed by atoms with van der Waals surface area (Å²) in [5, 5.41) is 3.24. The predicted molar refractivity (Wildman–Crippen MR) is 92.4 cm³/mol. The fourth-order valence-electron chi connectivity index (χ4n) is 2.72. The third-order valence-corrected chi connectivity index (χ3v) is 4.25. The van der Waals surface area contributed by atoms with Gasteiger partial charge in [-0.1, -0.05) is 52.9 Å². The summed E-state index contributed by atoms with van der Waals surface area (Å²) in [6, 6.07) is 0.246. The van der Waals surface area contributed by atoms with E-state index < -0.39 is 0 Å². The molecule has 0 saturated carbocycles. The Balaban J connectivity index is 4.29. The molecule has 0 radical (unpaired) electrons. The van der Waals surface area contributed by atoms with Crippen molar-refractivity contribution >= 4 is 11.8 Å². The highest BCUT2D eigenvalue weighted by atomic mass is 16.2. The standard InChI is InChI=1S/C18H36N2O2/c1-4-7-11-15(6-3)18(22)20-16(12-8-5-2)13-9-10-14-17(19)21/h15-16H,4-14H2,1-3H3,(H2,19,21)(H,20,22). The molecule has 0 rings (SSSR count). The Morgan fingerprint density at radius 1 is 0.909 bits per heavy atom. The molecule has 0 aromatic heterocycles. The molecule has 0 saturated heterocycles. The molecule has 3 N–H and O–H groups in total. The minimum atomic E-state index is -0.236. The number of unbranched alkanes of at least 4 members (excludes halogenated alkanes) is 3. The van der Waals surface area contributed by atoms with Crippen molar-refractivity contribution in [2.24, 2.45) is 11.7 Å². The predicted octanol–water partition coefficient (Wildman–Crippen LogP) is 3.92. The molecule has 2 unspecified atom stereocenters. The van der Waals surface area contributed by atoms with Gasteiger partial charge in [-0.25, -0.2) is 0 Å². The number of nitrogens with two attached hydrogens (primary N) is 1. The van der Waals surface area contributed by atoms with Crippen molar-refractivity contribution in [1.82, 2.24) is 5.32 Å². The van der Waals surface area contributed by atoms with E-state index in [4.69, 9.17) is 5.73 Å². The first-order valence-electron chi connectivity index (χ1n) is 9.13. The van der Waals surface area contributed by atoms with Crippen LogP contribution in [0.1, 0.15) is 91.4 Å². The van der Waals surface area contributed by atoms with Crippen LogP contribution in [0.15, 0.2) is 0 Å². The van der Waals surface area contributed by atoms with Gasteiger partial charge in [-0.3, -0.25) is 9.59 Å². The van der Waals surface area contributed by atoms with E-state index in [2.05, 4.69) is 26.1 Å². The first-order chi connectivity index (χ1) is 10.5. The number of hydrogen-bond donors (Lipinski definition) is 2. The van der Waals surface area contributed by atoms with Crippen molar-refractivity contribution in [1.29, 1.82) is 0 Å². The molecule has 4 heteroatoms. The van der Waals surface area contributed by atoms with E-state index >= 15 is 0 Å². The smallest absolute Gasteiger partial charge is 0.223 e. The molecule has 0 heterocycles. The molecule has 2 atom stereocenters. The Labute approximate surface area is 136 Å². The second kappa shape index (κ2) is 13.6. The summed E-state index contributed by atoms with van der Waals surface area (Å²) in [6.45, 7) is 6.42. The lowest BCUT2D eigenvalue weighted by Gasteiger charge is -2.22. The molecule has 0 aromatic rings. The van der Waals surface area contributed by atoms with E-state index in [1.807, 2.05) is 0 Å². The zero-order valence-corrected chi connectivity index (χ0v) is 14.8.